The second kappa shape index (κ2) is 5.76. The standard InChI is InChI=1S/C17H21N5O/c1-11-3-2-4-14(18-11)17(23)22-8-7-12(10-22)9-15-19-16(21-20-15)13-5-6-13/h2-4,12-13H,5-10H2,1H3,(H,19,20,21). The molecular weight excluding hydrogens is 290 g/mol. The first-order valence-corrected chi connectivity index (χ1v) is 8.33. The number of rotatable bonds is 4. The largest absolute Gasteiger partial charge is 0.337 e. The topological polar surface area (TPSA) is 74.8 Å². The zero-order valence-electron chi connectivity index (χ0n) is 13.3. The smallest absolute Gasteiger partial charge is 0.272 e. The van der Waals surface area contributed by atoms with Crippen molar-refractivity contribution < 1.29 is 4.79 Å². The van der Waals surface area contributed by atoms with Gasteiger partial charge >= 0.3 is 0 Å². The molecule has 2 aromatic rings. The van der Waals surface area contributed by atoms with Crippen LogP contribution in [0.4, 0.5) is 0 Å². The maximum atomic E-state index is 12.5. The van der Waals surface area contributed by atoms with Gasteiger partial charge in [-0.3, -0.25) is 9.89 Å². The fourth-order valence-corrected chi connectivity index (χ4v) is 3.21. The summed E-state index contributed by atoms with van der Waals surface area (Å²) in [7, 11) is 0. The summed E-state index contributed by atoms with van der Waals surface area (Å²) >= 11 is 0. The van der Waals surface area contributed by atoms with Crippen LogP contribution < -0.4 is 0 Å². The molecule has 1 aliphatic carbocycles. The molecule has 23 heavy (non-hydrogen) atoms. The molecule has 0 aromatic carbocycles. The van der Waals surface area contributed by atoms with Gasteiger partial charge in [0.05, 0.1) is 0 Å². The molecule has 1 N–H and O–H groups in total. The van der Waals surface area contributed by atoms with Gasteiger partial charge in [-0.15, -0.1) is 0 Å². The lowest BCUT2D eigenvalue weighted by Crippen LogP contribution is -2.29. The number of H-pyrrole nitrogens is 1. The molecule has 0 bridgehead atoms. The third-order valence-corrected chi connectivity index (χ3v) is 4.65. The first-order valence-electron chi connectivity index (χ1n) is 8.33. The van der Waals surface area contributed by atoms with Gasteiger partial charge in [-0.05, 0) is 44.2 Å². The molecule has 2 aliphatic rings. The molecule has 1 saturated heterocycles. The SMILES string of the molecule is Cc1cccc(C(=O)N2CCC(Cc3nc(C4CC4)n[nH]3)C2)n1. The highest BCUT2D eigenvalue weighted by Gasteiger charge is 2.30. The average Bonchev–Trinajstić information content (AvgIpc) is 3.12. The maximum absolute atomic E-state index is 12.5. The summed E-state index contributed by atoms with van der Waals surface area (Å²) in [5.41, 5.74) is 1.42. The Labute approximate surface area is 135 Å². The molecule has 1 atom stereocenters. The number of aromatic nitrogens is 4. The second-order valence-electron chi connectivity index (χ2n) is 6.69. The van der Waals surface area contributed by atoms with E-state index in [2.05, 4.69) is 20.2 Å². The highest BCUT2D eigenvalue weighted by molar-refractivity contribution is 5.92. The van der Waals surface area contributed by atoms with Gasteiger partial charge in [-0.25, -0.2) is 9.97 Å². The lowest BCUT2D eigenvalue weighted by molar-refractivity contribution is 0.0781. The van der Waals surface area contributed by atoms with Crippen molar-refractivity contribution >= 4 is 5.91 Å². The summed E-state index contributed by atoms with van der Waals surface area (Å²) in [5, 5.41) is 7.37. The Morgan fingerprint density at radius 2 is 2.17 bits per heavy atom. The van der Waals surface area contributed by atoms with Gasteiger partial charge in [0.1, 0.15) is 11.5 Å². The lowest BCUT2D eigenvalue weighted by atomic mass is 10.1. The Balaban J connectivity index is 1.37. The predicted molar refractivity (Wildman–Crippen MR) is 85.0 cm³/mol. The van der Waals surface area contributed by atoms with E-state index in [-0.39, 0.29) is 5.91 Å². The summed E-state index contributed by atoms with van der Waals surface area (Å²) in [6.07, 6.45) is 4.31. The van der Waals surface area contributed by atoms with Gasteiger partial charge in [0.25, 0.3) is 5.91 Å². The lowest BCUT2D eigenvalue weighted by Gasteiger charge is -2.16. The predicted octanol–water partition coefficient (Wildman–Crippen LogP) is 2.09. The number of carbonyl (C=O) groups is 1. The quantitative estimate of drug-likeness (QED) is 0.938. The van der Waals surface area contributed by atoms with Gasteiger partial charge in [0.2, 0.25) is 0 Å². The summed E-state index contributed by atoms with van der Waals surface area (Å²) in [5.74, 6) is 2.99. The van der Waals surface area contributed by atoms with E-state index in [0.717, 1.165) is 43.3 Å². The van der Waals surface area contributed by atoms with Crippen LogP contribution in [0.25, 0.3) is 0 Å². The van der Waals surface area contributed by atoms with Crippen molar-refractivity contribution in [3.63, 3.8) is 0 Å². The fourth-order valence-electron chi connectivity index (χ4n) is 3.21. The van der Waals surface area contributed by atoms with Crippen LogP contribution in [0.1, 0.15) is 53.0 Å². The molecule has 1 unspecified atom stereocenters. The Morgan fingerprint density at radius 3 is 2.96 bits per heavy atom. The zero-order chi connectivity index (χ0) is 15.8. The van der Waals surface area contributed by atoms with E-state index >= 15 is 0 Å². The van der Waals surface area contributed by atoms with Crippen molar-refractivity contribution in [2.75, 3.05) is 13.1 Å². The summed E-state index contributed by atoms with van der Waals surface area (Å²) in [6.45, 7) is 3.47. The molecule has 120 valence electrons. The van der Waals surface area contributed by atoms with Crippen molar-refractivity contribution in [2.45, 2.75) is 38.5 Å². The first kappa shape index (κ1) is 14.4. The monoisotopic (exact) mass is 311 g/mol. The van der Waals surface area contributed by atoms with E-state index in [1.54, 1.807) is 6.07 Å². The fraction of sp³-hybridized carbons (Fsp3) is 0.529. The van der Waals surface area contributed by atoms with Gasteiger partial charge in [-0.1, -0.05) is 6.07 Å². The molecule has 1 aliphatic heterocycles. The first-order chi connectivity index (χ1) is 11.2. The zero-order valence-corrected chi connectivity index (χ0v) is 13.3. The summed E-state index contributed by atoms with van der Waals surface area (Å²) in [6, 6.07) is 5.59. The maximum Gasteiger partial charge on any atom is 0.272 e. The van der Waals surface area contributed by atoms with Crippen molar-refractivity contribution in [1.29, 1.82) is 0 Å². The average molecular weight is 311 g/mol. The molecular formula is C17H21N5O. The van der Waals surface area contributed by atoms with Crippen molar-refractivity contribution in [1.82, 2.24) is 25.1 Å². The van der Waals surface area contributed by atoms with Gasteiger partial charge in [-0.2, -0.15) is 5.10 Å². The third kappa shape index (κ3) is 3.11. The molecule has 2 aromatic heterocycles. The van der Waals surface area contributed by atoms with Crippen LogP contribution in [0.3, 0.4) is 0 Å². The minimum Gasteiger partial charge on any atom is -0.337 e. The van der Waals surface area contributed by atoms with Gasteiger partial charge < -0.3 is 4.90 Å². The molecule has 4 rings (SSSR count). The number of nitrogens with one attached hydrogen (secondary N) is 1. The van der Waals surface area contributed by atoms with Crippen LogP contribution in [0.2, 0.25) is 0 Å². The number of nitrogens with zero attached hydrogens (tertiary/aromatic N) is 4. The normalized spacial score (nSPS) is 20.9. The Kier molecular flexibility index (Phi) is 3.59. The molecule has 1 saturated carbocycles. The highest BCUT2D eigenvalue weighted by Crippen LogP contribution is 2.37. The van der Waals surface area contributed by atoms with Crippen LogP contribution in [0.5, 0.6) is 0 Å². The van der Waals surface area contributed by atoms with Crippen LogP contribution in [-0.2, 0) is 6.42 Å². The van der Waals surface area contributed by atoms with Gasteiger partial charge in [0.15, 0.2) is 5.82 Å². The van der Waals surface area contributed by atoms with E-state index in [1.807, 2.05) is 24.0 Å². The Bertz CT molecular complexity index is 721. The molecule has 6 heteroatoms. The van der Waals surface area contributed by atoms with E-state index < -0.39 is 0 Å². The number of aryl methyl sites for hydroxylation is 1. The number of amides is 1. The van der Waals surface area contributed by atoms with Crippen molar-refractivity contribution in [2.24, 2.45) is 5.92 Å². The molecule has 0 radical (unpaired) electrons. The Hall–Kier alpha value is -2.24. The van der Waals surface area contributed by atoms with E-state index in [4.69, 9.17) is 0 Å². The number of pyridine rings is 1. The molecule has 0 spiro atoms. The minimum atomic E-state index is 0.0347. The van der Waals surface area contributed by atoms with E-state index in [9.17, 15) is 4.79 Å². The number of carbonyl (C=O) groups excluding carboxylic acids is 1. The van der Waals surface area contributed by atoms with Gasteiger partial charge in [0, 0.05) is 31.1 Å². The molecule has 6 nitrogen and oxygen atoms in total. The van der Waals surface area contributed by atoms with Crippen LogP contribution >= 0.6 is 0 Å². The Morgan fingerprint density at radius 1 is 1.30 bits per heavy atom. The number of likely N-dealkylation sites (tertiary alicyclic amines) is 1. The number of hydrogen-bond acceptors (Lipinski definition) is 4. The van der Waals surface area contributed by atoms with Crippen molar-refractivity contribution in [3.8, 4) is 0 Å². The minimum absolute atomic E-state index is 0.0347. The van der Waals surface area contributed by atoms with E-state index in [0.29, 0.717) is 17.5 Å². The van der Waals surface area contributed by atoms with E-state index in [1.165, 1.54) is 12.8 Å². The second-order valence-corrected chi connectivity index (χ2v) is 6.69. The molecule has 2 fully saturated rings. The third-order valence-electron chi connectivity index (χ3n) is 4.65. The molecule has 3 heterocycles. The van der Waals surface area contributed by atoms with Crippen LogP contribution in [-0.4, -0.2) is 44.1 Å². The number of aromatic amines is 1. The van der Waals surface area contributed by atoms with Crippen LogP contribution in [0.15, 0.2) is 18.2 Å². The molecule has 1 amide bonds. The van der Waals surface area contributed by atoms with Crippen LogP contribution in [0, 0.1) is 12.8 Å². The van der Waals surface area contributed by atoms with Crippen molar-refractivity contribution in [3.05, 3.63) is 41.2 Å². The summed E-state index contributed by atoms with van der Waals surface area (Å²) < 4.78 is 0. The summed E-state index contributed by atoms with van der Waals surface area (Å²) in [4.78, 5) is 23.4. The number of hydrogen-bond donors (Lipinski definition) is 1. The highest BCUT2D eigenvalue weighted by atomic mass is 16.2.